The van der Waals surface area contributed by atoms with Crippen molar-refractivity contribution in [3.8, 4) is 0 Å². The molecule has 1 saturated carbocycles. The number of carbonyl (C=O) groups excluding carboxylic acids is 1. The minimum atomic E-state index is -0.229. The van der Waals surface area contributed by atoms with E-state index >= 15 is 0 Å². The number of rotatable bonds is 3. The van der Waals surface area contributed by atoms with Crippen molar-refractivity contribution in [2.75, 3.05) is 5.88 Å². The van der Waals surface area contributed by atoms with Crippen LogP contribution < -0.4 is 5.32 Å². The van der Waals surface area contributed by atoms with E-state index in [4.69, 9.17) is 16.0 Å². The average molecular weight is 278 g/mol. The Morgan fingerprint density at radius 2 is 2.21 bits per heavy atom. The first-order chi connectivity index (χ1) is 9.12. The quantitative estimate of drug-likeness (QED) is 0.871. The van der Waals surface area contributed by atoms with Crippen LogP contribution in [0.1, 0.15) is 35.4 Å². The molecule has 2 aromatic rings. The summed E-state index contributed by atoms with van der Waals surface area (Å²) in [4.78, 5) is 12.2. The van der Waals surface area contributed by atoms with E-state index in [1.807, 2.05) is 25.1 Å². The summed E-state index contributed by atoms with van der Waals surface area (Å²) in [5.74, 6) is 0.643. The Bertz CT molecular complexity index is 623. The lowest BCUT2D eigenvalue weighted by Crippen LogP contribution is -2.54. The van der Waals surface area contributed by atoms with Gasteiger partial charge in [-0.25, -0.2) is 0 Å². The van der Waals surface area contributed by atoms with Crippen LogP contribution in [0.3, 0.4) is 0 Å². The fourth-order valence-electron chi connectivity index (χ4n) is 2.47. The van der Waals surface area contributed by atoms with E-state index in [-0.39, 0.29) is 11.4 Å². The van der Waals surface area contributed by atoms with E-state index in [1.165, 1.54) is 0 Å². The van der Waals surface area contributed by atoms with Crippen molar-refractivity contribution in [3.63, 3.8) is 0 Å². The molecule has 0 unspecified atom stereocenters. The van der Waals surface area contributed by atoms with E-state index < -0.39 is 0 Å². The van der Waals surface area contributed by atoms with E-state index in [9.17, 15) is 4.79 Å². The molecule has 3 rings (SSSR count). The van der Waals surface area contributed by atoms with Crippen molar-refractivity contribution in [2.24, 2.45) is 0 Å². The topological polar surface area (TPSA) is 42.2 Å². The zero-order chi connectivity index (χ0) is 13.5. The predicted octanol–water partition coefficient (Wildman–Crippen LogP) is 3.63. The van der Waals surface area contributed by atoms with Crippen molar-refractivity contribution in [1.82, 2.24) is 5.32 Å². The molecule has 1 fully saturated rings. The van der Waals surface area contributed by atoms with E-state index in [1.54, 1.807) is 6.07 Å². The second-order valence-electron chi connectivity index (χ2n) is 5.37. The van der Waals surface area contributed by atoms with Crippen LogP contribution in [-0.2, 0) is 0 Å². The molecule has 0 saturated heterocycles. The predicted molar refractivity (Wildman–Crippen MR) is 75.7 cm³/mol. The monoisotopic (exact) mass is 277 g/mol. The maximum atomic E-state index is 12.2. The summed E-state index contributed by atoms with van der Waals surface area (Å²) in [5, 5.41) is 3.96. The van der Waals surface area contributed by atoms with Crippen LogP contribution in [0.4, 0.5) is 0 Å². The number of hydrogen-bond donors (Lipinski definition) is 1. The van der Waals surface area contributed by atoms with Gasteiger partial charge in [0.05, 0.1) is 5.54 Å². The van der Waals surface area contributed by atoms with Crippen molar-refractivity contribution in [1.29, 1.82) is 0 Å². The van der Waals surface area contributed by atoms with Gasteiger partial charge in [0, 0.05) is 11.3 Å². The summed E-state index contributed by atoms with van der Waals surface area (Å²) in [7, 11) is 0. The first-order valence-corrected chi connectivity index (χ1v) is 7.04. The van der Waals surface area contributed by atoms with Crippen LogP contribution in [0.5, 0.6) is 0 Å². The largest absolute Gasteiger partial charge is 0.451 e. The van der Waals surface area contributed by atoms with Crippen LogP contribution >= 0.6 is 11.6 Å². The van der Waals surface area contributed by atoms with Gasteiger partial charge in [-0.05, 0) is 44.4 Å². The first kappa shape index (κ1) is 12.5. The molecule has 1 aliphatic carbocycles. The molecule has 4 heteroatoms. The zero-order valence-corrected chi connectivity index (χ0v) is 11.6. The Hall–Kier alpha value is -1.48. The molecule has 1 aliphatic rings. The number of benzene rings is 1. The fraction of sp³-hybridized carbons (Fsp3) is 0.400. The third-order valence-corrected chi connectivity index (χ3v) is 4.35. The number of aryl methyl sites for hydroxylation is 1. The molecule has 0 aliphatic heterocycles. The van der Waals surface area contributed by atoms with Crippen molar-refractivity contribution >= 4 is 28.5 Å². The van der Waals surface area contributed by atoms with Crippen molar-refractivity contribution < 1.29 is 9.21 Å². The molecule has 0 bridgehead atoms. The van der Waals surface area contributed by atoms with Gasteiger partial charge < -0.3 is 9.73 Å². The highest BCUT2D eigenvalue weighted by Crippen LogP contribution is 2.33. The molecular weight excluding hydrogens is 262 g/mol. The molecular formula is C15H16ClNO2. The van der Waals surface area contributed by atoms with Gasteiger partial charge in [0.15, 0.2) is 5.76 Å². The Balaban J connectivity index is 1.85. The summed E-state index contributed by atoms with van der Waals surface area (Å²) in [6.45, 7) is 2.02. The van der Waals surface area contributed by atoms with Crippen molar-refractivity contribution in [2.45, 2.75) is 31.7 Å². The highest BCUT2D eigenvalue weighted by molar-refractivity contribution is 6.19. The number of fused-ring (bicyclic) bond motifs is 1. The minimum Gasteiger partial charge on any atom is -0.451 e. The zero-order valence-electron chi connectivity index (χ0n) is 10.8. The van der Waals surface area contributed by atoms with Gasteiger partial charge in [-0.15, -0.1) is 11.6 Å². The Morgan fingerprint density at radius 3 is 2.84 bits per heavy atom. The molecule has 0 spiro atoms. The summed E-state index contributed by atoms with van der Waals surface area (Å²) >= 11 is 5.95. The second-order valence-corrected chi connectivity index (χ2v) is 5.64. The van der Waals surface area contributed by atoms with Gasteiger partial charge in [0.25, 0.3) is 5.91 Å². The maximum Gasteiger partial charge on any atom is 0.287 e. The summed E-state index contributed by atoms with van der Waals surface area (Å²) < 4.78 is 5.59. The number of halogens is 1. The Kier molecular flexibility index (Phi) is 3.02. The van der Waals surface area contributed by atoms with Crippen LogP contribution in [0.15, 0.2) is 28.7 Å². The molecule has 3 nitrogen and oxygen atoms in total. The van der Waals surface area contributed by atoms with Crippen molar-refractivity contribution in [3.05, 3.63) is 35.6 Å². The van der Waals surface area contributed by atoms with E-state index in [0.717, 1.165) is 35.8 Å². The fourth-order valence-corrected chi connectivity index (χ4v) is 2.81. The van der Waals surface area contributed by atoms with Crippen LogP contribution in [0.2, 0.25) is 0 Å². The second kappa shape index (κ2) is 4.57. The molecule has 0 radical (unpaired) electrons. The molecule has 1 aromatic carbocycles. The molecule has 1 amide bonds. The Labute approximate surface area is 116 Å². The summed E-state index contributed by atoms with van der Waals surface area (Å²) in [6, 6.07) is 7.66. The molecule has 0 atom stereocenters. The van der Waals surface area contributed by atoms with Gasteiger partial charge in [-0.3, -0.25) is 4.79 Å². The molecule has 1 aromatic heterocycles. The third-order valence-electron chi connectivity index (χ3n) is 3.84. The van der Waals surface area contributed by atoms with Crippen LogP contribution in [0, 0.1) is 6.92 Å². The van der Waals surface area contributed by atoms with Crippen LogP contribution in [0.25, 0.3) is 11.0 Å². The molecule has 100 valence electrons. The highest BCUT2D eigenvalue weighted by Gasteiger charge is 2.38. The normalized spacial score (nSPS) is 17.2. The van der Waals surface area contributed by atoms with Gasteiger partial charge in [0.2, 0.25) is 0 Å². The van der Waals surface area contributed by atoms with Gasteiger partial charge >= 0.3 is 0 Å². The smallest absolute Gasteiger partial charge is 0.287 e. The number of hydrogen-bond acceptors (Lipinski definition) is 2. The molecule has 19 heavy (non-hydrogen) atoms. The van der Waals surface area contributed by atoms with E-state index in [2.05, 4.69) is 5.32 Å². The molecule has 1 heterocycles. The number of alkyl halides is 1. The lowest BCUT2D eigenvalue weighted by atomic mass is 9.78. The maximum absolute atomic E-state index is 12.2. The lowest BCUT2D eigenvalue weighted by molar-refractivity contribution is 0.0827. The Morgan fingerprint density at radius 1 is 1.42 bits per heavy atom. The third kappa shape index (κ3) is 2.23. The average Bonchev–Trinajstić information content (AvgIpc) is 2.76. The summed E-state index contributed by atoms with van der Waals surface area (Å²) in [6.07, 6.45) is 3.01. The number of nitrogens with one attached hydrogen (secondary N) is 1. The lowest BCUT2D eigenvalue weighted by Gasteiger charge is -2.40. The van der Waals surface area contributed by atoms with Gasteiger partial charge in [-0.1, -0.05) is 11.6 Å². The highest BCUT2D eigenvalue weighted by atomic mass is 35.5. The number of carbonyl (C=O) groups is 1. The van der Waals surface area contributed by atoms with Gasteiger partial charge in [0.1, 0.15) is 5.58 Å². The summed E-state index contributed by atoms with van der Waals surface area (Å²) in [5.41, 5.74) is 1.66. The minimum absolute atomic E-state index is 0.172. The van der Waals surface area contributed by atoms with Gasteiger partial charge in [-0.2, -0.15) is 0 Å². The molecule has 1 N–H and O–H groups in total. The number of amides is 1. The number of furan rings is 1. The first-order valence-electron chi connectivity index (χ1n) is 6.51. The SMILES string of the molecule is Cc1ccc2oc(C(=O)NC3(CCl)CCC3)cc2c1. The van der Waals surface area contributed by atoms with E-state index in [0.29, 0.717) is 11.6 Å². The van der Waals surface area contributed by atoms with Crippen LogP contribution in [-0.4, -0.2) is 17.3 Å². The standard InChI is InChI=1S/C15H16ClNO2/c1-10-3-4-12-11(7-10)8-13(19-12)14(18)17-15(9-16)5-2-6-15/h3-4,7-8H,2,5-6,9H2,1H3,(H,17,18).